The monoisotopic (exact) mass is 1160 g/mol. The third kappa shape index (κ3) is 11.1. The molecule has 10 aromatic rings. The first-order valence-corrected chi connectivity index (χ1v) is 34.3. The SMILES string of the molecule is CCCCCCCCC1(CCCCCCCC)c2cc(-c3ccc4cc5cc(C(C)(C)C)ccc5c(-c5cccc6ccccc56)c4c3)ccc2-c2cc3c(cc21)-c1ccc(C(C)(C)C)cc1C3(c1ccc(C(C)(C)C)cc1)c1ccc(C(C)(C)C)cc1. The van der Waals surface area contributed by atoms with E-state index in [1.807, 2.05) is 0 Å². The maximum absolute atomic E-state index is 2.78. The van der Waals surface area contributed by atoms with Crippen molar-refractivity contribution in [2.75, 3.05) is 0 Å². The molecule has 0 unspecified atom stereocenters. The molecular weight excluding hydrogens is 1060 g/mol. The molecule has 2 aliphatic rings. The summed E-state index contributed by atoms with van der Waals surface area (Å²) >= 11 is 0. The van der Waals surface area contributed by atoms with Gasteiger partial charge in [-0.05, 0) is 197 Å². The van der Waals surface area contributed by atoms with Crippen molar-refractivity contribution in [2.24, 2.45) is 0 Å². The van der Waals surface area contributed by atoms with Gasteiger partial charge in [0.15, 0.2) is 0 Å². The number of hydrogen-bond donors (Lipinski definition) is 0. The summed E-state index contributed by atoms with van der Waals surface area (Å²) in [6.07, 6.45) is 17.8. The zero-order chi connectivity index (χ0) is 62.0. The Morgan fingerprint density at radius 1 is 0.284 bits per heavy atom. The van der Waals surface area contributed by atoms with Crippen LogP contribution in [0.2, 0.25) is 0 Å². The minimum atomic E-state index is -0.553. The van der Waals surface area contributed by atoms with Gasteiger partial charge in [-0.3, -0.25) is 0 Å². The lowest BCUT2D eigenvalue weighted by Crippen LogP contribution is -2.30. The van der Waals surface area contributed by atoms with E-state index < -0.39 is 5.41 Å². The summed E-state index contributed by atoms with van der Waals surface area (Å²) in [7, 11) is 0. The van der Waals surface area contributed by atoms with Crippen LogP contribution >= 0.6 is 0 Å². The summed E-state index contributed by atoms with van der Waals surface area (Å²) in [4.78, 5) is 0. The second kappa shape index (κ2) is 23.7. The average Bonchev–Trinajstić information content (AvgIpc) is 1.55. The van der Waals surface area contributed by atoms with Gasteiger partial charge in [0, 0.05) is 5.41 Å². The quantitative estimate of drug-likeness (QED) is 0.0593. The maximum Gasteiger partial charge on any atom is 0.0713 e. The molecule has 0 heterocycles. The van der Waals surface area contributed by atoms with Crippen molar-refractivity contribution >= 4 is 32.3 Å². The molecule has 0 spiro atoms. The third-order valence-corrected chi connectivity index (χ3v) is 21.0. The summed E-state index contributed by atoms with van der Waals surface area (Å²) in [5.41, 5.74) is 24.4. The largest absolute Gasteiger partial charge is 0.0713 e. The highest BCUT2D eigenvalue weighted by atomic mass is 14.5. The van der Waals surface area contributed by atoms with Gasteiger partial charge in [-0.15, -0.1) is 0 Å². The molecule has 0 bridgehead atoms. The van der Waals surface area contributed by atoms with Gasteiger partial charge in [-0.2, -0.15) is 0 Å². The van der Waals surface area contributed by atoms with Gasteiger partial charge >= 0.3 is 0 Å². The Bertz CT molecular complexity index is 4100. The van der Waals surface area contributed by atoms with E-state index in [1.54, 1.807) is 11.1 Å². The predicted octanol–water partition coefficient (Wildman–Crippen LogP) is 25.8. The van der Waals surface area contributed by atoms with E-state index in [0.29, 0.717) is 0 Å². The summed E-state index contributed by atoms with van der Waals surface area (Å²) in [5.74, 6) is 0. The Labute approximate surface area is 530 Å². The molecule has 0 atom stereocenters. The first kappa shape index (κ1) is 61.2. The average molecular weight is 1160 g/mol. The van der Waals surface area contributed by atoms with E-state index in [4.69, 9.17) is 0 Å². The second-order valence-electron chi connectivity index (χ2n) is 31.1. The number of hydrogen-bond acceptors (Lipinski definition) is 0. The number of rotatable bonds is 18. The smallest absolute Gasteiger partial charge is 0.0654 e. The summed E-state index contributed by atoms with van der Waals surface area (Å²) < 4.78 is 0. The minimum absolute atomic E-state index is 0.0282. The summed E-state index contributed by atoms with van der Waals surface area (Å²) in [6.45, 7) is 32.9. The van der Waals surface area contributed by atoms with Crippen molar-refractivity contribution in [3.8, 4) is 44.5 Å². The highest BCUT2D eigenvalue weighted by Gasteiger charge is 2.50. The molecule has 0 nitrogen and oxygen atoms in total. The highest BCUT2D eigenvalue weighted by Crippen LogP contribution is 2.63. The molecule has 88 heavy (non-hydrogen) atoms. The van der Waals surface area contributed by atoms with Crippen LogP contribution in [0.4, 0.5) is 0 Å². The van der Waals surface area contributed by atoms with Crippen LogP contribution in [0, 0.1) is 0 Å². The molecule has 0 N–H and O–H groups in total. The number of unbranched alkanes of at least 4 members (excludes halogenated alkanes) is 10. The van der Waals surface area contributed by atoms with Crippen molar-refractivity contribution in [1.82, 2.24) is 0 Å². The molecule has 10 aromatic carbocycles. The van der Waals surface area contributed by atoms with Crippen molar-refractivity contribution in [2.45, 2.75) is 219 Å². The first-order chi connectivity index (χ1) is 42.1. The third-order valence-electron chi connectivity index (χ3n) is 21.0. The predicted molar refractivity (Wildman–Crippen MR) is 384 cm³/mol. The lowest BCUT2D eigenvalue weighted by atomic mass is 9.65. The zero-order valence-electron chi connectivity index (χ0n) is 56.2. The lowest BCUT2D eigenvalue weighted by molar-refractivity contribution is 0.398. The molecule has 0 aliphatic heterocycles. The van der Waals surface area contributed by atoms with Crippen LogP contribution in [0.15, 0.2) is 182 Å². The van der Waals surface area contributed by atoms with E-state index in [-0.39, 0.29) is 27.1 Å². The van der Waals surface area contributed by atoms with Crippen molar-refractivity contribution < 1.29 is 0 Å². The van der Waals surface area contributed by atoms with Crippen LogP contribution in [-0.4, -0.2) is 0 Å². The molecule has 0 radical (unpaired) electrons. The van der Waals surface area contributed by atoms with E-state index in [1.165, 1.54) is 198 Å². The van der Waals surface area contributed by atoms with Crippen molar-refractivity contribution in [3.63, 3.8) is 0 Å². The van der Waals surface area contributed by atoms with Crippen LogP contribution < -0.4 is 0 Å². The fraction of sp³-hybridized carbons (Fsp3) is 0.386. The molecule has 452 valence electrons. The van der Waals surface area contributed by atoms with Crippen molar-refractivity contribution in [1.29, 1.82) is 0 Å². The Hall–Kier alpha value is -7.02. The van der Waals surface area contributed by atoms with Gasteiger partial charge in [-0.1, -0.05) is 326 Å². The molecule has 12 rings (SSSR count). The van der Waals surface area contributed by atoms with Gasteiger partial charge in [0.1, 0.15) is 0 Å². The molecule has 0 saturated carbocycles. The van der Waals surface area contributed by atoms with E-state index in [0.717, 1.165) is 12.8 Å². The van der Waals surface area contributed by atoms with E-state index in [9.17, 15) is 0 Å². The molecule has 0 saturated heterocycles. The number of fused-ring (bicyclic) bond motifs is 9. The second-order valence-corrected chi connectivity index (χ2v) is 31.1. The van der Waals surface area contributed by atoms with Gasteiger partial charge < -0.3 is 0 Å². The molecule has 0 amide bonds. The van der Waals surface area contributed by atoms with Crippen LogP contribution in [-0.2, 0) is 32.5 Å². The molecular formula is C88H100. The lowest BCUT2D eigenvalue weighted by Gasteiger charge is -2.36. The van der Waals surface area contributed by atoms with Gasteiger partial charge in [0.05, 0.1) is 5.41 Å². The van der Waals surface area contributed by atoms with Crippen LogP contribution in [0.3, 0.4) is 0 Å². The molecule has 0 heteroatoms. The highest BCUT2D eigenvalue weighted by molar-refractivity contribution is 6.17. The Morgan fingerprint density at radius 2 is 0.750 bits per heavy atom. The fourth-order valence-corrected chi connectivity index (χ4v) is 15.8. The van der Waals surface area contributed by atoms with Gasteiger partial charge in [-0.25, -0.2) is 0 Å². The van der Waals surface area contributed by atoms with E-state index in [2.05, 4.69) is 279 Å². The standard InChI is InChI=1S/C88H100/c1-15-17-19-21-23-27-50-87(51-28-24-22-20-18-16-2)78-55-61(60-34-35-62-52-63-53-68(85(9,10)11)45-48-71(63)82(75(62)54-60)74-33-29-31-59-30-25-26-32-70(59)74)36-47-72(78)76-58-81-77(57-79(76)87)73-49-46-69(86(12,13)14)56-80(73)88(81,66-41-37-64(38-42-66)83(3,4)5)67-43-39-65(40-44-67)84(6,7)8/h25-26,29-49,52-58H,15-24,27-28,50-51H2,1-14H3. The van der Waals surface area contributed by atoms with Crippen LogP contribution in [0.5, 0.6) is 0 Å². The van der Waals surface area contributed by atoms with Gasteiger partial charge in [0.2, 0.25) is 0 Å². The Morgan fingerprint density at radius 3 is 1.36 bits per heavy atom. The summed E-state index contributed by atoms with van der Waals surface area (Å²) in [6, 6.07) is 73.6. The molecule has 0 aromatic heterocycles. The fourth-order valence-electron chi connectivity index (χ4n) is 15.8. The minimum Gasteiger partial charge on any atom is -0.0654 e. The Kier molecular flexibility index (Phi) is 16.5. The topological polar surface area (TPSA) is 0 Å². The van der Waals surface area contributed by atoms with Crippen LogP contribution in [0.1, 0.15) is 242 Å². The first-order valence-electron chi connectivity index (χ1n) is 34.3. The maximum atomic E-state index is 2.78. The zero-order valence-corrected chi connectivity index (χ0v) is 56.2. The Balaban J connectivity index is 1.11. The van der Waals surface area contributed by atoms with Gasteiger partial charge in [0.25, 0.3) is 0 Å². The van der Waals surface area contributed by atoms with Crippen LogP contribution in [0.25, 0.3) is 76.8 Å². The van der Waals surface area contributed by atoms with Crippen molar-refractivity contribution in [3.05, 3.63) is 238 Å². The van der Waals surface area contributed by atoms with E-state index >= 15 is 0 Å². The number of benzene rings is 10. The summed E-state index contributed by atoms with van der Waals surface area (Å²) in [5, 5.41) is 7.78. The molecule has 0 fully saturated rings. The molecule has 2 aliphatic carbocycles. The normalized spacial score (nSPS) is 14.4.